The van der Waals surface area contributed by atoms with Gasteiger partial charge in [-0.15, -0.1) is 11.3 Å². The highest BCUT2D eigenvalue weighted by Crippen LogP contribution is 2.30. The van der Waals surface area contributed by atoms with Crippen LogP contribution in [0.3, 0.4) is 0 Å². The number of hydrogen-bond donors (Lipinski definition) is 1. The smallest absolute Gasteiger partial charge is 0.0439 e. The fourth-order valence-corrected chi connectivity index (χ4v) is 3.37. The van der Waals surface area contributed by atoms with Crippen LogP contribution in [0.2, 0.25) is 0 Å². The monoisotopic (exact) mass is 224 g/mol. The summed E-state index contributed by atoms with van der Waals surface area (Å²) >= 11 is 1.89. The van der Waals surface area contributed by atoms with Crippen molar-refractivity contribution < 1.29 is 0 Å². The first-order chi connectivity index (χ1) is 7.35. The molecular formula is C12H20N2S. The van der Waals surface area contributed by atoms with Crippen LogP contribution in [0.5, 0.6) is 0 Å². The number of likely N-dealkylation sites (N-methyl/N-ethyl adjacent to an activating group) is 1. The molecule has 84 valence electrons. The topological polar surface area (TPSA) is 15.3 Å². The zero-order valence-electron chi connectivity index (χ0n) is 9.57. The van der Waals surface area contributed by atoms with Gasteiger partial charge in [0.1, 0.15) is 0 Å². The number of likely N-dealkylation sites (tertiary alicyclic amines) is 1. The van der Waals surface area contributed by atoms with Crippen molar-refractivity contribution in [3.63, 3.8) is 0 Å². The molecule has 0 amide bonds. The lowest BCUT2D eigenvalue weighted by atomic mass is 10.1. The summed E-state index contributed by atoms with van der Waals surface area (Å²) in [4.78, 5) is 4.14. The quantitative estimate of drug-likeness (QED) is 0.845. The first-order valence-corrected chi connectivity index (χ1v) is 6.67. The van der Waals surface area contributed by atoms with E-state index in [4.69, 9.17) is 0 Å². The van der Waals surface area contributed by atoms with Crippen molar-refractivity contribution in [3.05, 3.63) is 22.4 Å². The normalized spacial score (nSPS) is 24.5. The average Bonchev–Trinajstić information content (AvgIpc) is 2.89. The van der Waals surface area contributed by atoms with Crippen molar-refractivity contribution in [1.82, 2.24) is 10.2 Å². The van der Waals surface area contributed by atoms with Gasteiger partial charge in [0.15, 0.2) is 0 Å². The van der Waals surface area contributed by atoms with Crippen LogP contribution in [-0.2, 0) is 0 Å². The van der Waals surface area contributed by atoms with Crippen LogP contribution in [-0.4, -0.2) is 31.1 Å². The summed E-state index contributed by atoms with van der Waals surface area (Å²) in [6.45, 7) is 4.73. The van der Waals surface area contributed by atoms with Gasteiger partial charge in [0, 0.05) is 30.1 Å². The second kappa shape index (κ2) is 5.10. The Bertz CT molecular complexity index is 284. The van der Waals surface area contributed by atoms with Gasteiger partial charge in [-0.3, -0.25) is 4.90 Å². The third-order valence-corrected chi connectivity index (χ3v) is 4.30. The van der Waals surface area contributed by atoms with E-state index in [0.717, 1.165) is 0 Å². The zero-order valence-corrected chi connectivity index (χ0v) is 10.4. The van der Waals surface area contributed by atoms with Crippen molar-refractivity contribution in [1.29, 1.82) is 0 Å². The molecule has 0 aromatic carbocycles. The van der Waals surface area contributed by atoms with Crippen LogP contribution in [0.25, 0.3) is 0 Å². The molecule has 1 aromatic rings. The summed E-state index contributed by atoms with van der Waals surface area (Å²) in [5.41, 5.74) is 0. The Balaban J connectivity index is 2.02. The molecule has 0 aliphatic carbocycles. The minimum absolute atomic E-state index is 0.642. The molecule has 0 radical (unpaired) electrons. The van der Waals surface area contributed by atoms with Gasteiger partial charge in [0.05, 0.1) is 0 Å². The Hall–Kier alpha value is -0.380. The van der Waals surface area contributed by atoms with Gasteiger partial charge >= 0.3 is 0 Å². The molecule has 2 unspecified atom stereocenters. The molecular weight excluding hydrogens is 204 g/mol. The van der Waals surface area contributed by atoms with Gasteiger partial charge in [-0.25, -0.2) is 0 Å². The van der Waals surface area contributed by atoms with Crippen LogP contribution >= 0.6 is 11.3 Å². The SMILES string of the molecule is CCC(c1cccs1)N1CCC(NC)C1. The van der Waals surface area contributed by atoms with E-state index in [1.165, 1.54) is 30.8 Å². The Kier molecular flexibility index (Phi) is 3.78. The van der Waals surface area contributed by atoms with Crippen LogP contribution in [0.1, 0.15) is 30.7 Å². The van der Waals surface area contributed by atoms with E-state index in [9.17, 15) is 0 Å². The minimum Gasteiger partial charge on any atom is -0.316 e. The predicted octanol–water partition coefficient (Wildman–Crippen LogP) is 2.49. The van der Waals surface area contributed by atoms with E-state index in [-0.39, 0.29) is 0 Å². The molecule has 1 aromatic heterocycles. The molecule has 3 heteroatoms. The summed E-state index contributed by atoms with van der Waals surface area (Å²) in [5.74, 6) is 0. The van der Waals surface area contributed by atoms with Crippen LogP contribution < -0.4 is 5.32 Å². The summed E-state index contributed by atoms with van der Waals surface area (Å²) in [7, 11) is 2.07. The van der Waals surface area contributed by atoms with Crippen molar-refractivity contribution >= 4 is 11.3 Å². The average molecular weight is 224 g/mol. The van der Waals surface area contributed by atoms with Crippen molar-refractivity contribution in [2.75, 3.05) is 20.1 Å². The van der Waals surface area contributed by atoms with Crippen LogP contribution in [0.15, 0.2) is 17.5 Å². The maximum Gasteiger partial charge on any atom is 0.0439 e. The number of hydrogen-bond acceptors (Lipinski definition) is 3. The fraction of sp³-hybridized carbons (Fsp3) is 0.667. The highest BCUT2D eigenvalue weighted by molar-refractivity contribution is 7.10. The van der Waals surface area contributed by atoms with E-state index < -0.39 is 0 Å². The highest BCUT2D eigenvalue weighted by atomic mass is 32.1. The lowest BCUT2D eigenvalue weighted by molar-refractivity contribution is 0.237. The van der Waals surface area contributed by atoms with Gasteiger partial charge < -0.3 is 5.32 Å². The third-order valence-electron chi connectivity index (χ3n) is 3.33. The van der Waals surface area contributed by atoms with E-state index >= 15 is 0 Å². The molecule has 2 nitrogen and oxygen atoms in total. The first-order valence-electron chi connectivity index (χ1n) is 5.80. The molecule has 0 spiro atoms. The largest absolute Gasteiger partial charge is 0.316 e. The lowest BCUT2D eigenvalue weighted by Crippen LogP contribution is -2.31. The van der Waals surface area contributed by atoms with E-state index in [2.05, 4.69) is 41.7 Å². The van der Waals surface area contributed by atoms with Crippen molar-refractivity contribution in [3.8, 4) is 0 Å². The molecule has 0 bridgehead atoms. The highest BCUT2D eigenvalue weighted by Gasteiger charge is 2.27. The maximum absolute atomic E-state index is 3.38. The standard InChI is InChI=1S/C12H20N2S/c1-3-11(12-5-4-8-15-12)14-7-6-10(9-14)13-2/h4-5,8,10-11,13H,3,6-7,9H2,1-2H3. The van der Waals surface area contributed by atoms with Crippen LogP contribution in [0, 0.1) is 0 Å². The van der Waals surface area contributed by atoms with Gasteiger partial charge in [-0.05, 0) is 31.3 Å². The molecule has 2 atom stereocenters. The van der Waals surface area contributed by atoms with Gasteiger partial charge in [-0.1, -0.05) is 13.0 Å². The maximum atomic E-state index is 3.38. The van der Waals surface area contributed by atoms with Crippen molar-refractivity contribution in [2.24, 2.45) is 0 Å². The summed E-state index contributed by atoms with van der Waals surface area (Å²) in [5, 5.41) is 5.56. The van der Waals surface area contributed by atoms with Gasteiger partial charge in [-0.2, -0.15) is 0 Å². The Morgan fingerprint density at radius 1 is 1.67 bits per heavy atom. The summed E-state index contributed by atoms with van der Waals surface area (Å²) < 4.78 is 0. The lowest BCUT2D eigenvalue weighted by Gasteiger charge is -2.25. The van der Waals surface area contributed by atoms with Crippen LogP contribution in [0.4, 0.5) is 0 Å². The Morgan fingerprint density at radius 2 is 2.53 bits per heavy atom. The van der Waals surface area contributed by atoms with E-state index in [1.54, 1.807) is 0 Å². The third kappa shape index (κ3) is 2.41. The fourth-order valence-electron chi connectivity index (χ4n) is 2.43. The Labute approximate surface area is 96.3 Å². The molecule has 2 rings (SSSR count). The second-order valence-electron chi connectivity index (χ2n) is 4.21. The molecule has 0 saturated carbocycles. The molecule has 15 heavy (non-hydrogen) atoms. The summed E-state index contributed by atoms with van der Waals surface area (Å²) in [6.07, 6.45) is 2.51. The van der Waals surface area contributed by atoms with E-state index in [0.29, 0.717) is 12.1 Å². The molecule has 1 aliphatic rings. The number of nitrogens with one attached hydrogen (secondary N) is 1. The number of rotatable bonds is 4. The molecule has 1 N–H and O–H groups in total. The molecule has 1 saturated heterocycles. The molecule has 2 heterocycles. The second-order valence-corrected chi connectivity index (χ2v) is 5.19. The van der Waals surface area contributed by atoms with Crippen molar-refractivity contribution in [2.45, 2.75) is 31.8 Å². The number of nitrogens with zero attached hydrogens (tertiary/aromatic N) is 1. The Morgan fingerprint density at radius 3 is 3.07 bits per heavy atom. The molecule has 1 fully saturated rings. The first kappa shape index (κ1) is 11.1. The van der Waals surface area contributed by atoms with Gasteiger partial charge in [0.25, 0.3) is 0 Å². The zero-order chi connectivity index (χ0) is 10.7. The molecule has 1 aliphatic heterocycles. The van der Waals surface area contributed by atoms with E-state index in [1.807, 2.05) is 11.3 Å². The summed E-state index contributed by atoms with van der Waals surface area (Å²) in [6, 6.07) is 5.77. The minimum atomic E-state index is 0.642. The van der Waals surface area contributed by atoms with Gasteiger partial charge in [0.2, 0.25) is 0 Å². The number of thiophene rings is 1. The predicted molar refractivity (Wildman–Crippen MR) is 66.4 cm³/mol.